The second-order valence-corrected chi connectivity index (χ2v) is 4.86. The predicted molar refractivity (Wildman–Crippen MR) is 78.2 cm³/mol. The Morgan fingerprint density at radius 2 is 2.00 bits per heavy atom. The highest BCUT2D eigenvalue weighted by atomic mass is 19.1. The summed E-state index contributed by atoms with van der Waals surface area (Å²) in [7, 11) is 3.93. The summed E-state index contributed by atoms with van der Waals surface area (Å²) in [4.78, 5) is 24.7. The summed E-state index contributed by atoms with van der Waals surface area (Å²) >= 11 is 0. The zero-order valence-electron chi connectivity index (χ0n) is 12.1. The predicted octanol–water partition coefficient (Wildman–Crippen LogP) is 1.99. The van der Waals surface area contributed by atoms with E-state index in [0.29, 0.717) is 6.54 Å². The first-order chi connectivity index (χ1) is 9.91. The molecular weight excluding hydrogens is 277 g/mol. The van der Waals surface area contributed by atoms with E-state index < -0.39 is 17.8 Å². The van der Waals surface area contributed by atoms with E-state index in [4.69, 9.17) is 5.11 Å². The van der Waals surface area contributed by atoms with Gasteiger partial charge in [0.05, 0.1) is 11.3 Å². The summed E-state index contributed by atoms with van der Waals surface area (Å²) in [6.07, 6.45) is 1.71. The number of carbonyl (C=O) groups excluding carboxylic acids is 1. The van der Waals surface area contributed by atoms with Gasteiger partial charge in [-0.25, -0.2) is 14.0 Å². The number of amides is 2. The number of carboxylic acid groups (broad SMARTS) is 1. The van der Waals surface area contributed by atoms with Crippen LogP contribution in [0.3, 0.4) is 0 Å². The molecule has 7 heteroatoms. The van der Waals surface area contributed by atoms with Gasteiger partial charge < -0.3 is 20.6 Å². The second kappa shape index (κ2) is 8.21. The van der Waals surface area contributed by atoms with Crippen LogP contribution in [0.4, 0.5) is 14.9 Å². The SMILES string of the molecule is CN(C)CCCCNC(=O)Nc1c(F)cccc1C(=O)O. The summed E-state index contributed by atoms with van der Waals surface area (Å²) in [6.45, 7) is 1.36. The molecule has 2 amide bonds. The smallest absolute Gasteiger partial charge is 0.337 e. The van der Waals surface area contributed by atoms with E-state index in [0.717, 1.165) is 25.5 Å². The second-order valence-electron chi connectivity index (χ2n) is 4.86. The van der Waals surface area contributed by atoms with Crippen molar-refractivity contribution in [3.8, 4) is 0 Å². The average molecular weight is 297 g/mol. The highest BCUT2D eigenvalue weighted by Gasteiger charge is 2.16. The van der Waals surface area contributed by atoms with Crippen molar-refractivity contribution in [1.29, 1.82) is 0 Å². The van der Waals surface area contributed by atoms with E-state index in [2.05, 4.69) is 10.6 Å². The lowest BCUT2D eigenvalue weighted by Crippen LogP contribution is -2.31. The number of rotatable bonds is 7. The number of para-hydroxylation sites is 1. The van der Waals surface area contributed by atoms with Gasteiger partial charge in [-0.1, -0.05) is 6.07 Å². The van der Waals surface area contributed by atoms with Crippen LogP contribution in [0.1, 0.15) is 23.2 Å². The summed E-state index contributed by atoms with van der Waals surface area (Å²) in [5, 5.41) is 13.8. The molecule has 1 aromatic rings. The van der Waals surface area contributed by atoms with E-state index in [9.17, 15) is 14.0 Å². The largest absolute Gasteiger partial charge is 0.478 e. The van der Waals surface area contributed by atoms with Crippen LogP contribution >= 0.6 is 0 Å². The Hall–Kier alpha value is -2.15. The van der Waals surface area contributed by atoms with Crippen LogP contribution in [0.2, 0.25) is 0 Å². The van der Waals surface area contributed by atoms with Crippen molar-refractivity contribution < 1.29 is 19.1 Å². The monoisotopic (exact) mass is 297 g/mol. The number of aromatic carboxylic acids is 1. The Kier molecular flexibility index (Phi) is 6.61. The molecule has 0 saturated heterocycles. The minimum Gasteiger partial charge on any atom is -0.478 e. The molecule has 0 unspecified atom stereocenters. The molecule has 0 aliphatic heterocycles. The van der Waals surface area contributed by atoms with Crippen molar-refractivity contribution >= 4 is 17.7 Å². The van der Waals surface area contributed by atoms with Gasteiger partial charge in [0.2, 0.25) is 0 Å². The van der Waals surface area contributed by atoms with Crippen LogP contribution in [0.15, 0.2) is 18.2 Å². The first-order valence-corrected chi connectivity index (χ1v) is 6.63. The maximum Gasteiger partial charge on any atom is 0.337 e. The van der Waals surface area contributed by atoms with Gasteiger partial charge in [-0.05, 0) is 45.6 Å². The van der Waals surface area contributed by atoms with Gasteiger partial charge in [-0.15, -0.1) is 0 Å². The number of halogens is 1. The Morgan fingerprint density at radius 1 is 1.29 bits per heavy atom. The number of nitrogens with one attached hydrogen (secondary N) is 2. The average Bonchev–Trinajstić information content (AvgIpc) is 2.40. The molecular formula is C14H20FN3O3. The number of benzene rings is 1. The summed E-state index contributed by atoms with van der Waals surface area (Å²) in [5.41, 5.74) is -0.603. The van der Waals surface area contributed by atoms with Crippen LogP contribution in [0.5, 0.6) is 0 Å². The zero-order chi connectivity index (χ0) is 15.8. The minimum atomic E-state index is -1.30. The molecule has 0 fully saturated rings. The van der Waals surface area contributed by atoms with E-state index in [1.165, 1.54) is 12.1 Å². The summed E-state index contributed by atoms with van der Waals surface area (Å²) < 4.78 is 13.6. The first kappa shape index (κ1) is 16.9. The number of hydrogen-bond donors (Lipinski definition) is 3. The van der Waals surface area contributed by atoms with Crippen LogP contribution in [-0.2, 0) is 0 Å². The quantitative estimate of drug-likeness (QED) is 0.672. The molecule has 21 heavy (non-hydrogen) atoms. The fraction of sp³-hybridized carbons (Fsp3) is 0.429. The molecule has 0 atom stereocenters. The zero-order valence-corrected chi connectivity index (χ0v) is 12.1. The van der Waals surface area contributed by atoms with E-state index in [1.54, 1.807) is 0 Å². The van der Waals surface area contributed by atoms with Crippen molar-refractivity contribution in [3.05, 3.63) is 29.6 Å². The Bertz CT molecular complexity index is 506. The molecule has 1 rings (SSSR count). The van der Waals surface area contributed by atoms with Gasteiger partial charge in [0.1, 0.15) is 5.82 Å². The third kappa shape index (κ3) is 5.78. The molecule has 1 aromatic carbocycles. The first-order valence-electron chi connectivity index (χ1n) is 6.63. The molecule has 0 aliphatic carbocycles. The fourth-order valence-electron chi connectivity index (χ4n) is 1.74. The van der Waals surface area contributed by atoms with Crippen molar-refractivity contribution in [2.75, 3.05) is 32.5 Å². The summed E-state index contributed by atoms with van der Waals surface area (Å²) in [5.74, 6) is -2.08. The number of anilines is 1. The van der Waals surface area contributed by atoms with Gasteiger partial charge in [0.25, 0.3) is 0 Å². The molecule has 6 nitrogen and oxygen atoms in total. The number of unbranched alkanes of at least 4 members (excludes halogenated alkanes) is 1. The minimum absolute atomic E-state index is 0.280. The molecule has 0 spiro atoms. The van der Waals surface area contributed by atoms with Crippen molar-refractivity contribution in [3.63, 3.8) is 0 Å². The number of urea groups is 1. The molecule has 0 bridgehead atoms. The lowest BCUT2D eigenvalue weighted by Gasteiger charge is -2.11. The molecule has 0 radical (unpaired) electrons. The molecule has 3 N–H and O–H groups in total. The van der Waals surface area contributed by atoms with E-state index in [1.807, 2.05) is 19.0 Å². The molecule has 116 valence electrons. The van der Waals surface area contributed by atoms with Gasteiger partial charge in [0.15, 0.2) is 0 Å². The van der Waals surface area contributed by atoms with Crippen LogP contribution in [-0.4, -0.2) is 49.2 Å². The van der Waals surface area contributed by atoms with E-state index >= 15 is 0 Å². The topological polar surface area (TPSA) is 81.7 Å². The van der Waals surface area contributed by atoms with E-state index in [-0.39, 0.29) is 11.3 Å². The molecule has 0 aliphatic rings. The number of nitrogens with zero attached hydrogens (tertiary/aromatic N) is 1. The maximum absolute atomic E-state index is 13.6. The van der Waals surface area contributed by atoms with Crippen LogP contribution < -0.4 is 10.6 Å². The Morgan fingerprint density at radius 3 is 2.62 bits per heavy atom. The van der Waals surface area contributed by atoms with Crippen molar-refractivity contribution in [2.24, 2.45) is 0 Å². The Labute approximate surface area is 122 Å². The van der Waals surface area contributed by atoms with Gasteiger partial charge in [0, 0.05) is 6.54 Å². The standard InChI is InChI=1S/C14H20FN3O3/c1-18(2)9-4-3-8-16-14(21)17-12-10(13(19)20)6-5-7-11(12)15/h5-7H,3-4,8-9H2,1-2H3,(H,19,20)(H2,16,17,21). The van der Waals surface area contributed by atoms with Gasteiger partial charge in [-0.2, -0.15) is 0 Å². The third-order valence-electron chi connectivity index (χ3n) is 2.80. The highest BCUT2D eigenvalue weighted by molar-refractivity contribution is 6.00. The highest BCUT2D eigenvalue weighted by Crippen LogP contribution is 2.19. The van der Waals surface area contributed by atoms with Crippen LogP contribution in [0.25, 0.3) is 0 Å². The normalized spacial score (nSPS) is 10.5. The number of hydrogen-bond acceptors (Lipinski definition) is 3. The summed E-state index contributed by atoms with van der Waals surface area (Å²) in [6, 6.07) is 2.99. The maximum atomic E-state index is 13.6. The molecule has 0 saturated carbocycles. The number of carboxylic acids is 1. The number of carbonyl (C=O) groups is 2. The van der Waals surface area contributed by atoms with Gasteiger partial charge in [-0.3, -0.25) is 0 Å². The lowest BCUT2D eigenvalue weighted by atomic mass is 10.1. The Balaban J connectivity index is 2.50. The lowest BCUT2D eigenvalue weighted by molar-refractivity contribution is 0.0697. The van der Waals surface area contributed by atoms with Crippen LogP contribution in [0, 0.1) is 5.82 Å². The van der Waals surface area contributed by atoms with Crippen molar-refractivity contribution in [2.45, 2.75) is 12.8 Å². The van der Waals surface area contributed by atoms with Gasteiger partial charge >= 0.3 is 12.0 Å². The van der Waals surface area contributed by atoms with Crippen molar-refractivity contribution in [1.82, 2.24) is 10.2 Å². The molecule has 0 aromatic heterocycles. The third-order valence-corrected chi connectivity index (χ3v) is 2.80. The molecule has 0 heterocycles. The fourth-order valence-corrected chi connectivity index (χ4v) is 1.74.